The van der Waals surface area contributed by atoms with Crippen molar-refractivity contribution >= 4 is 29.2 Å². The minimum Gasteiger partial charge on any atom is -0.497 e. The lowest BCUT2D eigenvalue weighted by molar-refractivity contribution is -0.384. The molecule has 5 atom stereocenters. The zero-order valence-electron chi connectivity index (χ0n) is 29.4. The van der Waals surface area contributed by atoms with Gasteiger partial charge in [0.25, 0.3) is 5.69 Å². The van der Waals surface area contributed by atoms with Crippen molar-refractivity contribution < 1.29 is 38.6 Å². The number of unbranched alkanes of at least 4 members (excludes halogenated alkanes) is 3. The van der Waals surface area contributed by atoms with E-state index in [1.54, 1.807) is 18.1 Å². The van der Waals surface area contributed by atoms with Crippen LogP contribution in [0.25, 0.3) is 0 Å². The van der Waals surface area contributed by atoms with Crippen molar-refractivity contribution in [2.45, 2.75) is 70.4 Å². The number of urea groups is 1. The highest BCUT2D eigenvalue weighted by atomic mass is 16.6. The number of nitrogens with zero attached hydrogens (tertiary/aromatic N) is 4. The molecular weight excluding hydrogens is 656 g/mol. The minimum atomic E-state index is -1.48. The third kappa shape index (κ3) is 10.3. The number of ketones is 1. The number of rotatable bonds is 18. The highest BCUT2D eigenvalue weighted by Gasteiger charge is 2.44. The van der Waals surface area contributed by atoms with E-state index in [2.05, 4.69) is 18.2 Å². The molecule has 274 valence electrons. The molecular formula is C38H48N4O9. The summed E-state index contributed by atoms with van der Waals surface area (Å²) in [5, 5.41) is 22.7. The first-order valence-corrected chi connectivity index (χ1v) is 17.3. The lowest BCUT2D eigenvalue weighted by atomic mass is 9.97. The van der Waals surface area contributed by atoms with Crippen LogP contribution in [0.4, 0.5) is 10.5 Å². The lowest BCUT2D eigenvalue weighted by Crippen LogP contribution is -2.49. The zero-order valence-corrected chi connectivity index (χ0v) is 29.4. The van der Waals surface area contributed by atoms with Gasteiger partial charge >= 0.3 is 12.0 Å². The third-order valence-corrected chi connectivity index (χ3v) is 9.28. The van der Waals surface area contributed by atoms with Crippen LogP contribution in [0.1, 0.15) is 61.4 Å². The van der Waals surface area contributed by atoms with Gasteiger partial charge in [-0.25, -0.2) is 9.59 Å². The molecule has 1 N–H and O–H groups in total. The van der Waals surface area contributed by atoms with Crippen LogP contribution in [-0.2, 0) is 20.8 Å². The molecule has 2 amide bonds. The molecule has 2 aliphatic rings. The number of carbonyl (C=O) groups is 3. The molecule has 1 saturated heterocycles. The number of hydrogen-bond acceptors (Lipinski definition) is 10. The number of carbonyl (C=O) groups excluding carboxylic acids is 3. The van der Waals surface area contributed by atoms with Crippen LogP contribution in [0, 0.1) is 22.0 Å². The molecule has 13 heteroatoms. The normalized spacial score (nSPS) is 21.4. The number of likely N-dealkylation sites (tertiary alicyclic amines) is 1. The first-order chi connectivity index (χ1) is 24.6. The first kappa shape index (κ1) is 38.9. The second kappa shape index (κ2) is 18.9. The Morgan fingerprint density at radius 2 is 1.86 bits per heavy atom. The van der Waals surface area contributed by atoms with Crippen molar-refractivity contribution in [1.29, 1.82) is 0 Å². The second-order valence-electron chi connectivity index (χ2n) is 12.7. The molecule has 2 aromatic carbocycles. The Hall–Kier alpha value is -4.88. The second-order valence-corrected chi connectivity index (χ2v) is 12.7. The van der Waals surface area contributed by atoms with Gasteiger partial charge in [-0.05, 0) is 68.4 Å². The topological polar surface area (TPSA) is 161 Å². The van der Waals surface area contributed by atoms with Gasteiger partial charge in [-0.3, -0.25) is 19.9 Å². The number of aliphatic hydroxyl groups is 1. The molecule has 0 aromatic heterocycles. The Labute approximate surface area is 298 Å². The standard InChI is InChI=1S/C38H48N4O9/c1-5-8-9-10-11-20-40(23-26-12-18-30(49-4)19-13-26)38(46)41-24-31(51-37(45)28-14-16-29(17-15-28)42(47)48)22-34(41)36(44)39-33-21-27(6-2)32(35(33)43)25-50-7-3/h5-6,12-19,27,31-32,34,36,44H,1-2,7-11,20-25H2,3-4H3/b39-33+/t27-,31-,32+,34+,36?/m1/s1. The summed E-state index contributed by atoms with van der Waals surface area (Å²) in [6.07, 6.45) is 5.00. The molecule has 1 unspecified atom stereocenters. The molecule has 0 spiro atoms. The van der Waals surface area contributed by atoms with Crippen molar-refractivity contribution in [1.82, 2.24) is 9.80 Å². The van der Waals surface area contributed by atoms with Gasteiger partial charge in [-0.15, -0.1) is 13.2 Å². The van der Waals surface area contributed by atoms with E-state index >= 15 is 0 Å². The van der Waals surface area contributed by atoms with E-state index in [-0.39, 0.29) is 67.2 Å². The van der Waals surface area contributed by atoms with E-state index in [0.29, 0.717) is 18.9 Å². The Morgan fingerprint density at radius 3 is 2.49 bits per heavy atom. The summed E-state index contributed by atoms with van der Waals surface area (Å²) in [5.41, 5.74) is 1.01. The number of aliphatic hydroxyl groups excluding tert-OH is 1. The maximum absolute atomic E-state index is 14.4. The fraction of sp³-hybridized carbons (Fsp3) is 0.474. The molecule has 0 radical (unpaired) electrons. The average Bonchev–Trinajstić information content (AvgIpc) is 3.69. The summed E-state index contributed by atoms with van der Waals surface area (Å²) >= 11 is 0. The average molecular weight is 705 g/mol. The summed E-state index contributed by atoms with van der Waals surface area (Å²) in [5.74, 6) is -0.937. The number of ether oxygens (including phenoxy) is 3. The van der Waals surface area contributed by atoms with Gasteiger partial charge in [-0.2, -0.15) is 0 Å². The van der Waals surface area contributed by atoms with Gasteiger partial charge in [0.1, 0.15) is 11.9 Å². The Bertz CT molecular complexity index is 1560. The number of hydrogen-bond donors (Lipinski definition) is 1. The van der Waals surface area contributed by atoms with E-state index in [4.69, 9.17) is 14.2 Å². The Kier molecular flexibility index (Phi) is 14.4. The maximum Gasteiger partial charge on any atom is 0.338 e. The van der Waals surface area contributed by atoms with Gasteiger partial charge < -0.3 is 29.1 Å². The fourth-order valence-electron chi connectivity index (χ4n) is 6.42. The van der Waals surface area contributed by atoms with Gasteiger partial charge in [0, 0.05) is 38.2 Å². The molecule has 1 aliphatic heterocycles. The van der Waals surface area contributed by atoms with Crippen LogP contribution < -0.4 is 4.74 Å². The highest BCUT2D eigenvalue weighted by molar-refractivity contribution is 6.42. The number of amides is 2. The number of esters is 1. The quantitative estimate of drug-likeness (QED) is 0.0669. The van der Waals surface area contributed by atoms with E-state index in [1.165, 1.54) is 29.2 Å². The van der Waals surface area contributed by atoms with E-state index in [1.807, 2.05) is 37.3 Å². The molecule has 0 bridgehead atoms. The van der Waals surface area contributed by atoms with Crippen LogP contribution in [0.2, 0.25) is 0 Å². The van der Waals surface area contributed by atoms with Crippen molar-refractivity contribution in [2.75, 3.05) is 33.4 Å². The van der Waals surface area contributed by atoms with Crippen molar-refractivity contribution in [3.8, 4) is 5.75 Å². The van der Waals surface area contributed by atoms with Crippen LogP contribution in [0.15, 0.2) is 78.8 Å². The molecule has 2 aromatic rings. The molecule has 4 rings (SSSR count). The Morgan fingerprint density at radius 1 is 1.14 bits per heavy atom. The van der Waals surface area contributed by atoms with Gasteiger partial charge in [-0.1, -0.05) is 30.7 Å². The number of benzene rings is 2. The van der Waals surface area contributed by atoms with Gasteiger partial charge in [0.2, 0.25) is 0 Å². The van der Waals surface area contributed by atoms with Crippen molar-refractivity contribution in [3.05, 3.63) is 95.1 Å². The highest BCUT2D eigenvalue weighted by Crippen LogP contribution is 2.31. The van der Waals surface area contributed by atoms with Crippen molar-refractivity contribution in [3.63, 3.8) is 0 Å². The molecule has 2 fully saturated rings. The van der Waals surface area contributed by atoms with E-state index in [9.17, 15) is 29.6 Å². The molecule has 1 aliphatic carbocycles. The number of aliphatic imine (C=N–C) groups is 1. The summed E-state index contributed by atoms with van der Waals surface area (Å²) < 4.78 is 16.6. The van der Waals surface area contributed by atoms with Crippen LogP contribution in [0.3, 0.4) is 0 Å². The van der Waals surface area contributed by atoms with Crippen molar-refractivity contribution in [2.24, 2.45) is 16.8 Å². The van der Waals surface area contributed by atoms with Crippen LogP contribution in [-0.4, -0.2) is 95.1 Å². The summed E-state index contributed by atoms with van der Waals surface area (Å²) in [6.45, 7) is 10.8. The Balaban J connectivity index is 1.60. The van der Waals surface area contributed by atoms with Gasteiger partial charge in [0.15, 0.2) is 12.0 Å². The summed E-state index contributed by atoms with van der Waals surface area (Å²) in [7, 11) is 1.58. The molecule has 1 saturated carbocycles. The third-order valence-electron chi connectivity index (χ3n) is 9.28. The monoisotopic (exact) mass is 704 g/mol. The van der Waals surface area contributed by atoms with E-state index < -0.39 is 35.2 Å². The molecule has 1 heterocycles. The smallest absolute Gasteiger partial charge is 0.338 e. The maximum atomic E-state index is 14.4. The van der Waals surface area contributed by atoms with Crippen LogP contribution >= 0.6 is 0 Å². The van der Waals surface area contributed by atoms with Crippen LogP contribution in [0.5, 0.6) is 5.75 Å². The number of non-ortho nitro benzene ring substituents is 1. The molecule has 51 heavy (non-hydrogen) atoms. The zero-order chi connectivity index (χ0) is 36.9. The predicted octanol–water partition coefficient (Wildman–Crippen LogP) is 5.76. The summed E-state index contributed by atoms with van der Waals surface area (Å²) in [4.78, 5) is 59.1. The fourth-order valence-corrected chi connectivity index (χ4v) is 6.42. The summed E-state index contributed by atoms with van der Waals surface area (Å²) in [6, 6.07) is 11.2. The number of methoxy groups -OCH3 is 1. The number of nitro groups is 1. The number of nitro benzene ring substituents is 1. The van der Waals surface area contributed by atoms with E-state index in [0.717, 1.165) is 31.2 Å². The predicted molar refractivity (Wildman–Crippen MR) is 192 cm³/mol. The SMILES string of the molecule is C=CCCCCCN(Cc1ccc(OC)cc1)C(=O)N1C[C@H](OC(=O)c2ccc([N+](=O)[O-])cc2)C[C@H]1C(O)/N=C1\C[C@@H](C=C)[C@H](COCC)C1=O. The number of allylic oxidation sites excluding steroid dienone is 2. The van der Waals surface area contributed by atoms with Gasteiger partial charge in [0.05, 0.1) is 48.4 Å². The lowest BCUT2D eigenvalue weighted by Gasteiger charge is -2.33. The molecule has 13 nitrogen and oxygen atoms in total. The largest absolute Gasteiger partial charge is 0.497 e. The number of Topliss-reactive ketones (excluding diaryl/α,β-unsaturated/α-hetero) is 1. The first-order valence-electron chi connectivity index (χ1n) is 17.3. The minimum absolute atomic E-state index is 0.0318.